The van der Waals surface area contributed by atoms with Gasteiger partial charge in [0.05, 0.1) is 11.9 Å². The standard InChI is InChI=1S/C28H41N3O4S/c1-8-9-17-29-27(33)22(3)30(19-23-12-10-11-21(2)18-23)26(32)20-31(36(7,34)35)25-15-13-24(14-16-25)28(4,5)6/h10-16,18,22H,8-9,17,19-20H2,1-7H3,(H,29,33)/t22-/m1/s1. The number of aryl methyl sites for hydroxylation is 1. The van der Waals surface area contributed by atoms with E-state index in [9.17, 15) is 18.0 Å². The normalized spacial score (nSPS) is 12.6. The molecule has 0 radical (unpaired) electrons. The average Bonchev–Trinajstić information content (AvgIpc) is 2.79. The second kappa shape index (κ2) is 12.4. The highest BCUT2D eigenvalue weighted by Crippen LogP contribution is 2.26. The van der Waals surface area contributed by atoms with Crippen molar-refractivity contribution in [1.82, 2.24) is 10.2 Å². The van der Waals surface area contributed by atoms with Gasteiger partial charge in [0.25, 0.3) is 0 Å². The summed E-state index contributed by atoms with van der Waals surface area (Å²) in [5.74, 6) is -0.704. The molecular formula is C28H41N3O4S. The van der Waals surface area contributed by atoms with Gasteiger partial charge >= 0.3 is 0 Å². The van der Waals surface area contributed by atoms with Gasteiger partial charge in [-0.2, -0.15) is 0 Å². The van der Waals surface area contributed by atoms with Gasteiger partial charge in [-0.1, -0.05) is 76.1 Å². The SMILES string of the molecule is CCCCNC(=O)[C@@H](C)N(Cc1cccc(C)c1)C(=O)CN(c1ccc(C(C)(C)C)cc1)S(C)(=O)=O. The van der Waals surface area contributed by atoms with Crippen LogP contribution in [0.5, 0.6) is 0 Å². The molecule has 0 saturated carbocycles. The Bertz CT molecular complexity index is 1140. The van der Waals surface area contributed by atoms with Crippen LogP contribution in [0.1, 0.15) is 64.2 Å². The second-order valence-electron chi connectivity index (χ2n) is 10.4. The number of sulfonamides is 1. The number of nitrogens with one attached hydrogen (secondary N) is 1. The van der Waals surface area contributed by atoms with Crippen molar-refractivity contribution in [3.8, 4) is 0 Å². The molecule has 0 spiro atoms. The van der Waals surface area contributed by atoms with Crippen LogP contribution < -0.4 is 9.62 Å². The Labute approximate surface area is 216 Å². The first-order chi connectivity index (χ1) is 16.7. The van der Waals surface area contributed by atoms with Crippen LogP contribution in [-0.2, 0) is 31.6 Å². The van der Waals surface area contributed by atoms with Crippen LogP contribution in [0.15, 0.2) is 48.5 Å². The minimum atomic E-state index is -3.75. The summed E-state index contributed by atoms with van der Waals surface area (Å²) in [6.07, 6.45) is 2.87. The number of anilines is 1. The molecule has 198 valence electrons. The van der Waals surface area contributed by atoms with E-state index in [0.29, 0.717) is 12.2 Å². The summed E-state index contributed by atoms with van der Waals surface area (Å²) in [5, 5.41) is 2.89. The molecule has 1 atom stereocenters. The molecule has 0 bridgehead atoms. The van der Waals surface area contributed by atoms with E-state index in [1.54, 1.807) is 19.1 Å². The van der Waals surface area contributed by atoms with Crippen molar-refractivity contribution < 1.29 is 18.0 Å². The number of hydrogen-bond donors (Lipinski definition) is 1. The largest absolute Gasteiger partial charge is 0.354 e. The molecule has 2 rings (SSSR count). The smallest absolute Gasteiger partial charge is 0.244 e. The number of rotatable bonds is 11. The van der Waals surface area contributed by atoms with E-state index >= 15 is 0 Å². The van der Waals surface area contributed by atoms with Crippen LogP contribution in [0.3, 0.4) is 0 Å². The number of carbonyl (C=O) groups excluding carboxylic acids is 2. The molecule has 0 fully saturated rings. The minimum Gasteiger partial charge on any atom is -0.354 e. The molecule has 0 saturated heterocycles. The zero-order valence-corrected chi connectivity index (χ0v) is 23.5. The first kappa shape index (κ1) is 29.4. The fraction of sp³-hybridized carbons (Fsp3) is 0.500. The van der Waals surface area contributed by atoms with Gasteiger partial charge in [-0.25, -0.2) is 8.42 Å². The molecule has 0 aliphatic rings. The highest BCUT2D eigenvalue weighted by molar-refractivity contribution is 7.92. The lowest BCUT2D eigenvalue weighted by Crippen LogP contribution is -2.51. The van der Waals surface area contributed by atoms with Gasteiger partial charge in [0.2, 0.25) is 21.8 Å². The first-order valence-electron chi connectivity index (χ1n) is 12.4. The summed E-state index contributed by atoms with van der Waals surface area (Å²) in [6.45, 7) is 12.2. The van der Waals surface area contributed by atoms with Gasteiger partial charge in [0.1, 0.15) is 12.6 Å². The van der Waals surface area contributed by atoms with Crippen molar-refractivity contribution in [3.63, 3.8) is 0 Å². The highest BCUT2D eigenvalue weighted by atomic mass is 32.2. The third kappa shape index (κ3) is 8.36. The van der Waals surface area contributed by atoms with E-state index < -0.39 is 28.5 Å². The Morgan fingerprint density at radius 3 is 2.22 bits per heavy atom. The topological polar surface area (TPSA) is 86.8 Å². The molecule has 7 nitrogen and oxygen atoms in total. The zero-order valence-electron chi connectivity index (χ0n) is 22.7. The molecule has 0 aliphatic heterocycles. The lowest BCUT2D eigenvalue weighted by molar-refractivity contribution is -0.139. The number of amides is 2. The van der Waals surface area contributed by atoms with Gasteiger partial charge in [0, 0.05) is 13.1 Å². The molecule has 0 aromatic heterocycles. The lowest BCUT2D eigenvalue weighted by atomic mass is 9.87. The number of benzene rings is 2. The van der Waals surface area contributed by atoms with Crippen molar-refractivity contribution in [2.24, 2.45) is 0 Å². The van der Waals surface area contributed by atoms with E-state index in [-0.39, 0.29) is 17.9 Å². The Hall–Kier alpha value is -2.87. The molecular weight excluding hydrogens is 474 g/mol. The molecule has 1 N–H and O–H groups in total. The number of hydrogen-bond acceptors (Lipinski definition) is 4. The van der Waals surface area contributed by atoms with E-state index in [0.717, 1.165) is 40.1 Å². The molecule has 0 unspecified atom stereocenters. The van der Waals surface area contributed by atoms with Gasteiger partial charge in [-0.3, -0.25) is 13.9 Å². The van der Waals surface area contributed by atoms with Crippen LogP contribution in [-0.4, -0.2) is 50.5 Å². The maximum Gasteiger partial charge on any atom is 0.244 e. The van der Waals surface area contributed by atoms with Crippen molar-refractivity contribution in [1.29, 1.82) is 0 Å². The predicted molar refractivity (Wildman–Crippen MR) is 146 cm³/mol. The Morgan fingerprint density at radius 2 is 1.69 bits per heavy atom. The Balaban J connectivity index is 2.36. The summed E-state index contributed by atoms with van der Waals surface area (Å²) in [5.41, 5.74) is 3.29. The maximum atomic E-state index is 13.6. The monoisotopic (exact) mass is 515 g/mol. The van der Waals surface area contributed by atoms with Crippen LogP contribution in [0.2, 0.25) is 0 Å². The van der Waals surface area contributed by atoms with Crippen LogP contribution in [0.25, 0.3) is 0 Å². The average molecular weight is 516 g/mol. The van der Waals surface area contributed by atoms with Gasteiger partial charge in [0.15, 0.2) is 0 Å². The fourth-order valence-electron chi connectivity index (χ4n) is 3.87. The van der Waals surface area contributed by atoms with Crippen LogP contribution in [0, 0.1) is 6.92 Å². The molecule has 0 aliphatic carbocycles. The molecule has 0 heterocycles. The molecule has 2 amide bonds. The molecule has 2 aromatic carbocycles. The quantitative estimate of drug-likeness (QED) is 0.450. The van der Waals surface area contributed by atoms with E-state index in [1.165, 1.54) is 4.90 Å². The lowest BCUT2D eigenvalue weighted by Gasteiger charge is -2.31. The first-order valence-corrected chi connectivity index (χ1v) is 14.3. The number of carbonyl (C=O) groups is 2. The third-order valence-electron chi connectivity index (χ3n) is 6.13. The number of unbranched alkanes of at least 4 members (excludes halogenated alkanes) is 1. The summed E-state index contributed by atoms with van der Waals surface area (Å²) in [7, 11) is -3.75. The summed E-state index contributed by atoms with van der Waals surface area (Å²) < 4.78 is 26.6. The summed E-state index contributed by atoms with van der Waals surface area (Å²) in [6, 6.07) is 14.2. The zero-order chi connectivity index (χ0) is 27.1. The molecule has 36 heavy (non-hydrogen) atoms. The van der Waals surface area contributed by atoms with Crippen molar-refractivity contribution in [3.05, 3.63) is 65.2 Å². The van der Waals surface area contributed by atoms with Crippen molar-refractivity contribution >= 4 is 27.5 Å². The van der Waals surface area contributed by atoms with Gasteiger partial charge in [-0.05, 0) is 48.9 Å². The van der Waals surface area contributed by atoms with Crippen LogP contribution >= 0.6 is 0 Å². The number of nitrogens with zero attached hydrogens (tertiary/aromatic N) is 2. The van der Waals surface area contributed by atoms with E-state index in [4.69, 9.17) is 0 Å². The van der Waals surface area contributed by atoms with E-state index in [1.807, 2.05) is 50.2 Å². The Morgan fingerprint density at radius 1 is 1.06 bits per heavy atom. The van der Waals surface area contributed by atoms with Crippen molar-refractivity contribution in [2.75, 3.05) is 23.7 Å². The second-order valence-corrected chi connectivity index (χ2v) is 12.3. The predicted octanol–water partition coefficient (Wildman–Crippen LogP) is 4.39. The summed E-state index contributed by atoms with van der Waals surface area (Å²) >= 11 is 0. The van der Waals surface area contributed by atoms with Gasteiger partial charge < -0.3 is 10.2 Å². The van der Waals surface area contributed by atoms with Gasteiger partial charge in [-0.15, -0.1) is 0 Å². The highest BCUT2D eigenvalue weighted by Gasteiger charge is 2.30. The minimum absolute atomic E-state index is 0.0878. The fourth-order valence-corrected chi connectivity index (χ4v) is 4.72. The molecule has 2 aromatic rings. The van der Waals surface area contributed by atoms with E-state index in [2.05, 4.69) is 26.1 Å². The molecule has 8 heteroatoms. The Kier molecular flexibility index (Phi) is 10.1. The third-order valence-corrected chi connectivity index (χ3v) is 7.27. The maximum absolute atomic E-state index is 13.6. The summed E-state index contributed by atoms with van der Waals surface area (Å²) in [4.78, 5) is 27.9. The van der Waals surface area contributed by atoms with Crippen molar-refractivity contribution in [2.45, 2.75) is 72.4 Å². The van der Waals surface area contributed by atoms with Crippen LogP contribution in [0.4, 0.5) is 5.69 Å².